The highest BCUT2D eigenvalue weighted by Crippen LogP contribution is 2.25. The maximum absolute atomic E-state index is 11.9. The number of hydrazine groups is 1. The molecule has 1 aliphatic heterocycles. The summed E-state index contributed by atoms with van der Waals surface area (Å²) >= 11 is 13.4. The Bertz CT molecular complexity index is 573. The molecule has 1 fully saturated rings. The molecule has 0 spiro atoms. The van der Waals surface area contributed by atoms with Gasteiger partial charge in [-0.2, -0.15) is 0 Å². The zero-order chi connectivity index (χ0) is 16.1. The third-order valence-electron chi connectivity index (χ3n) is 3.05. The first-order valence-corrected chi connectivity index (χ1v) is 8.35. The maximum Gasteiger partial charge on any atom is 0.303 e. The second-order valence-corrected chi connectivity index (χ2v) is 6.65. The van der Waals surface area contributed by atoms with E-state index in [0.717, 1.165) is 5.56 Å². The summed E-state index contributed by atoms with van der Waals surface area (Å²) in [6, 6.07) is 4.72. The van der Waals surface area contributed by atoms with Gasteiger partial charge in [0.1, 0.15) is 11.5 Å². The number of carboxylic acids is 1. The van der Waals surface area contributed by atoms with Gasteiger partial charge in [0.25, 0.3) is 0 Å². The highest BCUT2D eigenvalue weighted by molar-refractivity contribution is 7.99. The van der Waals surface area contributed by atoms with Crippen LogP contribution in [0, 0.1) is 0 Å². The van der Waals surface area contributed by atoms with Gasteiger partial charge in [0.2, 0.25) is 5.91 Å². The number of carbonyl (C=O) groups excluding carboxylic acids is 1. The van der Waals surface area contributed by atoms with Gasteiger partial charge in [-0.05, 0) is 24.1 Å². The molecule has 1 aliphatic rings. The molecular weight excluding hydrogens is 349 g/mol. The fraction of sp³-hybridized carbons (Fsp3) is 0.385. The fourth-order valence-electron chi connectivity index (χ4n) is 1.87. The van der Waals surface area contributed by atoms with Crippen molar-refractivity contribution < 1.29 is 14.7 Å². The van der Waals surface area contributed by atoms with Crippen molar-refractivity contribution in [2.45, 2.75) is 30.1 Å². The van der Waals surface area contributed by atoms with Crippen molar-refractivity contribution in [2.75, 3.05) is 0 Å². The standard InChI is InChI=1S/C13H15Cl2N3O3S/c14-8-2-1-7(9(15)5-8)6-22-13-16-12(21)10(17-18-13)3-4-11(19)20/h1-2,5,10,13,17-18H,3-4,6H2,(H,16,21)(H,19,20). The van der Waals surface area contributed by atoms with E-state index in [1.165, 1.54) is 11.8 Å². The summed E-state index contributed by atoms with van der Waals surface area (Å²) in [5.41, 5.74) is 6.38. The molecule has 120 valence electrons. The van der Waals surface area contributed by atoms with E-state index in [0.29, 0.717) is 15.8 Å². The van der Waals surface area contributed by atoms with Gasteiger partial charge >= 0.3 is 5.97 Å². The molecule has 22 heavy (non-hydrogen) atoms. The van der Waals surface area contributed by atoms with Crippen LogP contribution in [0.3, 0.4) is 0 Å². The van der Waals surface area contributed by atoms with Crippen LogP contribution in [-0.2, 0) is 15.3 Å². The average Bonchev–Trinajstić information content (AvgIpc) is 2.45. The number of carbonyl (C=O) groups is 2. The summed E-state index contributed by atoms with van der Waals surface area (Å²) in [6.07, 6.45) is 0.166. The number of aliphatic carboxylic acids is 1. The minimum atomic E-state index is -0.927. The van der Waals surface area contributed by atoms with E-state index in [2.05, 4.69) is 16.2 Å². The molecule has 2 unspecified atom stereocenters. The van der Waals surface area contributed by atoms with Crippen molar-refractivity contribution in [1.29, 1.82) is 0 Å². The lowest BCUT2D eigenvalue weighted by molar-refractivity contribution is -0.137. The zero-order valence-corrected chi connectivity index (χ0v) is 13.8. The molecule has 0 radical (unpaired) electrons. The van der Waals surface area contributed by atoms with Gasteiger partial charge in [-0.3, -0.25) is 9.59 Å². The Kier molecular flexibility index (Phi) is 6.34. The second kappa shape index (κ2) is 8.03. The third kappa shape index (κ3) is 5.03. The first kappa shape index (κ1) is 17.4. The molecule has 1 saturated heterocycles. The average molecular weight is 364 g/mol. The lowest BCUT2D eigenvalue weighted by Crippen LogP contribution is -2.64. The summed E-state index contributed by atoms with van der Waals surface area (Å²) in [7, 11) is 0. The molecule has 0 saturated carbocycles. The normalized spacial score (nSPS) is 21.5. The molecule has 1 heterocycles. The van der Waals surface area contributed by atoms with Crippen molar-refractivity contribution in [3.8, 4) is 0 Å². The Balaban J connectivity index is 1.81. The predicted molar refractivity (Wildman–Crippen MR) is 86.6 cm³/mol. The first-order valence-electron chi connectivity index (χ1n) is 6.54. The molecule has 2 atom stereocenters. The fourth-order valence-corrected chi connectivity index (χ4v) is 3.38. The van der Waals surface area contributed by atoms with Gasteiger partial charge in [0.05, 0.1) is 0 Å². The number of benzene rings is 1. The van der Waals surface area contributed by atoms with Crippen LogP contribution >= 0.6 is 35.0 Å². The molecule has 0 bridgehead atoms. The highest BCUT2D eigenvalue weighted by atomic mass is 35.5. The topological polar surface area (TPSA) is 90.5 Å². The Hall–Kier alpha value is -0.990. The van der Waals surface area contributed by atoms with Gasteiger partial charge in [-0.1, -0.05) is 29.3 Å². The lowest BCUT2D eigenvalue weighted by atomic mass is 10.1. The summed E-state index contributed by atoms with van der Waals surface area (Å²) in [5, 5.41) is 12.6. The Morgan fingerprint density at radius 2 is 2.09 bits per heavy atom. The monoisotopic (exact) mass is 363 g/mol. The number of amides is 1. The van der Waals surface area contributed by atoms with E-state index in [-0.39, 0.29) is 24.2 Å². The van der Waals surface area contributed by atoms with E-state index in [9.17, 15) is 9.59 Å². The smallest absolute Gasteiger partial charge is 0.303 e. The number of halogens is 2. The lowest BCUT2D eigenvalue weighted by Gasteiger charge is -2.30. The number of hydrogen-bond acceptors (Lipinski definition) is 5. The largest absolute Gasteiger partial charge is 0.481 e. The van der Waals surface area contributed by atoms with Crippen LogP contribution in [0.15, 0.2) is 18.2 Å². The van der Waals surface area contributed by atoms with E-state index in [1.54, 1.807) is 12.1 Å². The van der Waals surface area contributed by atoms with Crippen LogP contribution in [0.25, 0.3) is 0 Å². The van der Waals surface area contributed by atoms with Crippen LogP contribution in [0.5, 0.6) is 0 Å². The van der Waals surface area contributed by atoms with Crippen LogP contribution in [-0.4, -0.2) is 28.5 Å². The minimum Gasteiger partial charge on any atom is -0.481 e. The summed E-state index contributed by atoms with van der Waals surface area (Å²) < 4.78 is 0. The van der Waals surface area contributed by atoms with E-state index >= 15 is 0 Å². The van der Waals surface area contributed by atoms with Crippen molar-refractivity contribution in [3.05, 3.63) is 33.8 Å². The molecule has 9 heteroatoms. The quantitative estimate of drug-likeness (QED) is 0.617. The molecule has 1 aromatic rings. The Morgan fingerprint density at radius 3 is 2.73 bits per heavy atom. The van der Waals surface area contributed by atoms with E-state index < -0.39 is 12.0 Å². The maximum atomic E-state index is 11.9. The van der Waals surface area contributed by atoms with Crippen molar-refractivity contribution in [3.63, 3.8) is 0 Å². The van der Waals surface area contributed by atoms with Crippen LogP contribution in [0.1, 0.15) is 18.4 Å². The molecule has 1 amide bonds. The van der Waals surface area contributed by atoms with Gasteiger partial charge in [-0.15, -0.1) is 11.8 Å². The predicted octanol–water partition coefficient (Wildman–Crippen LogP) is 1.97. The number of rotatable bonds is 6. The second-order valence-electron chi connectivity index (χ2n) is 4.71. The highest BCUT2D eigenvalue weighted by Gasteiger charge is 2.27. The number of hydrogen-bond donors (Lipinski definition) is 4. The Labute approximate surface area is 141 Å². The molecule has 2 rings (SSSR count). The molecular formula is C13H15Cl2N3O3S. The molecule has 6 nitrogen and oxygen atoms in total. The molecule has 0 aliphatic carbocycles. The van der Waals surface area contributed by atoms with Gasteiger partial charge in [0, 0.05) is 22.2 Å². The van der Waals surface area contributed by atoms with Crippen LogP contribution in [0.2, 0.25) is 10.0 Å². The van der Waals surface area contributed by atoms with Crippen molar-refractivity contribution >= 4 is 46.8 Å². The molecule has 0 aromatic heterocycles. The SMILES string of the molecule is O=C(O)CCC1NNC(SCc2ccc(Cl)cc2Cl)NC1=O. The van der Waals surface area contributed by atoms with Crippen LogP contribution in [0.4, 0.5) is 0 Å². The van der Waals surface area contributed by atoms with Gasteiger partial charge in [0.15, 0.2) is 0 Å². The summed E-state index contributed by atoms with van der Waals surface area (Å²) in [6.45, 7) is 0. The Morgan fingerprint density at radius 1 is 1.32 bits per heavy atom. The van der Waals surface area contributed by atoms with E-state index in [4.69, 9.17) is 28.3 Å². The summed E-state index contributed by atoms with van der Waals surface area (Å²) in [4.78, 5) is 22.4. The minimum absolute atomic E-state index is 0.0645. The number of thioether (sulfide) groups is 1. The van der Waals surface area contributed by atoms with Gasteiger partial charge < -0.3 is 10.4 Å². The molecule has 1 aromatic carbocycles. The number of nitrogens with one attached hydrogen (secondary N) is 3. The first-order chi connectivity index (χ1) is 10.5. The zero-order valence-electron chi connectivity index (χ0n) is 11.4. The van der Waals surface area contributed by atoms with Crippen molar-refractivity contribution in [2.24, 2.45) is 0 Å². The summed E-state index contributed by atoms with van der Waals surface area (Å²) in [5.74, 6) is -0.557. The van der Waals surface area contributed by atoms with Gasteiger partial charge in [-0.25, -0.2) is 10.9 Å². The van der Waals surface area contributed by atoms with E-state index in [1.807, 2.05) is 6.07 Å². The van der Waals surface area contributed by atoms with Crippen molar-refractivity contribution in [1.82, 2.24) is 16.2 Å². The van der Waals surface area contributed by atoms with Crippen LogP contribution < -0.4 is 16.2 Å². The number of carboxylic acid groups (broad SMARTS) is 1. The third-order valence-corrected chi connectivity index (χ3v) is 4.68. The molecule has 4 N–H and O–H groups in total.